The zero-order valence-corrected chi connectivity index (χ0v) is 15.8. The van der Waals surface area contributed by atoms with Gasteiger partial charge in [0, 0.05) is 38.2 Å². The van der Waals surface area contributed by atoms with Crippen molar-refractivity contribution in [3.8, 4) is 0 Å². The van der Waals surface area contributed by atoms with Crippen molar-refractivity contribution >= 4 is 24.2 Å². The number of nitrogens with one attached hydrogen (secondary N) is 1. The van der Waals surface area contributed by atoms with Gasteiger partial charge in [-0.05, 0) is 56.5 Å². The minimum Gasteiger partial charge on any atom is -0.341 e. The summed E-state index contributed by atoms with van der Waals surface area (Å²) in [6.45, 7) is 4.43. The quantitative estimate of drug-likeness (QED) is 0.868. The fraction of sp³-hybridized carbons (Fsp3) is 0.579. The summed E-state index contributed by atoms with van der Waals surface area (Å²) >= 11 is 0. The molecule has 0 saturated carbocycles. The van der Waals surface area contributed by atoms with Crippen LogP contribution in [0.3, 0.4) is 0 Å². The molecule has 26 heavy (non-hydrogen) atoms. The molecule has 0 aromatic heterocycles. The van der Waals surface area contributed by atoms with Gasteiger partial charge in [0.05, 0.1) is 0 Å². The molecule has 2 fully saturated rings. The van der Waals surface area contributed by atoms with Crippen LogP contribution in [0, 0.1) is 11.7 Å². The highest BCUT2D eigenvalue weighted by Gasteiger charge is 2.24. The van der Waals surface area contributed by atoms with Crippen molar-refractivity contribution in [1.29, 1.82) is 0 Å². The van der Waals surface area contributed by atoms with Crippen molar-refractivity contribution in [1.82, 2.24) is 15.1 Å². The molecule has 1 unspecified atom stereocenters. The molecule has 5 nitrogen and oxygen atoms in total. The molecular weight excluding hydrogens is 357 g/mol. The highest BCUT2D eigenvalue weighted by Crippen LogP contribution is 2.16. The molecule has 0 bridgehead atoms. The number of benzene rings is 1. The molecule has 1 aromatic rings. The minimum absolute atomic E-state index is 0. The Hall–Kier alpha value is -1.66. The lowest BCUT2D eigenvalue weighted by atomic mass is 10.0. The Bertz CT molecular complexity index is 623. The molecule has 0 spiro atoms. The van der Waals surface area contributed by atoms with Crippen LogP contribution in [0.1, 0.15) is 36.0 Å². The van der Waals surface area contributed by atoms with E-state index in [0.29, 0.717) is 44.1 Å². The molecule has 1 N–H and O–H groups in total. The SMILES string of the molecule is Cl.O=C(CCC1CCNC1)N1CCCN(C(=O)c2cccc(F)c2)CC1. The third kappa shape index (κ3) is 5.42. The van der Waals surface area contributed by atoms with Gasteiger partial charge < -0.3 is 15.1 Å². The summed E-state index contributed by atoms with van der Waals surface area (Å²) in [4.78, 5) is 28.6. The van der Waals surface area contributed by atoms with E-state index in [2.05, 4.69) is 5.32 Å². The number of carbonyl (C=O) groups is 2. The van der Waals surface area contributed by atoms with E-state index in [1.54, 1.807) is 17.0 Å². The van der Waals surface area contributed by atoms with E-state index >= 15 is 0 Å². The van der Waals surface area contributed by atoms with Crippen LogP contribution < -0.4 is 5.32 Å². The fourth-order valence-electron chi connectivity index (χ4n) is 3.62. The molecule has 1 aromatic carbocycles. The summed E-state index contributed by atoms with van der Waals surface area (Å²) in [5, 5.41) is 3.33. The molecule has 2 aliphatic heterocycles. The van der Waals surface area contributed by atoms with Crippen LogP contribution in [-0.4, -0.2) is 60.9 Å². The maximum absolute atomic E-state index is 13.3. The second-order valence-electron chi connectivity index (χ2n) is 6.93. The summed E-state index contributed by atoms with van der Waals surface area (Å²) in [7, 11) is 0. The summed E-state index contributed by atoms with van der Waals surface area (Å²) in [6, 6.07) is 5.79. The topological polar surface area (TPSA) is 52.7 Å². The highest BCUT2D eigenvalue weighted by molar-refractivity contribution is 5.94. The van der Waals surface area contributed by atoms with Crippen LogP contribution in [0.5, 0.6) is 0 Å². The first-order valence-corrected chi connectivity index (χ1v) is 9.17. The predicted octanol–water partition coefficient (Wildman–Crippen LogP) is 2.31. The lowest BCUT2D eigenvalue weighted by molar-refractivity contribution is -0.131. The Balaban J connectivity index is 0.00000243. The summed E-state index contributed by atoms with van der Waals surface area (Å²) in [6.07, 6.45) is 3.44. The van der Waals surface area contributed by atoms with E-state index in [4.69, 9.17) is 0 Å². The van der Waals surface area contributed by atoms with Crippen molar-refractivity contribution in [3.05, 3.63) is 35.6 Å². The van der Waals surface area contributed by atoms with E-state index in [9.17, 15) is 14.0 Å². The lowest BCUT2D eigenvalue weighted by Gasteiger charge is -2.22. The minimum atomic E-state index is -0.404. The normalized spacial score (nSPS) is 20.4. The molecule has 0 radical (unpaired) electrons. The van der Waals surface area contributed by atoms with Gasteiger partial charge in [-0.1, -0.05) is 6.07 Å². The molecular formula is C19H27ClFN3O2. The van der Waals surface area contributed by atoms with Gasteiger partial charge in [-0.2, -0.15) is 0 Å². The Kier molecular flexibility index (Phi) is 7.85. The monoisotopic (exact) mass is 383 g/mol. The maximum atomic E-state index is 13.3. The summed E-state index contributed by atoms with van der Waals surface area (Å²) in [5.41, 5.74) is 0.369. The number of amides is 2. The summed E-state index contributed by atoms with van der Waals surface area (Å²) in [5.74, 6) is 0.235. The standard InChI is InChI=1S/C19H26FN3O2.ClH/c20-17-4-1-3-16(13-17)19(25)23-10-2-9-22(11-12-23)18(24)6-5-15-7-8-21-14-15;/h1,3-4,13,15,21H,2,5-12,14H2;1H. The largest absolute Gasteiger partial charge is 0.341 e. The lowest BCUT2D eigenvalue weighted by Crippen LogP contribution is -2.37. The zero-order chi connectivity index (χ0) is 17.6. The number of halogens is 2. The van der Waals surface area contributed by atoms with Crippen LogP contribution >= 0.6 is 12.4 Å². The second-order valence-corrected chi connectivity index (χ2v) is 6.93. The highest BCUT2D eigenvalue weighted by atomic mass is 35.5. The van der Waals surface area contributed by atoms with E-state index < -0.39 is 5.82 Å². The Morgan fingerprint density at radius 1 is 1.15 bits per heavy atom. The van der Waals surface area contributed by atoms with E-state index in [0.717, 1.165) is 32.4 Å². The van der Waals surface area contributed by atoms with Gasteiger partial charge in [0.15, 0.2) is 0 Å². The smallest absolute Gasteiger partial charge is 0.254 e. The fourth-order valence-corrected chi connectivity index (χ4v) is 3.62. The molecule has 1 atom stereocenters. The van der Waals surface area contributed by atoms with E-state index in [1.807, 2.05) is 4.90 Å². The van der Waals surface area contributed by atoms with E-state index in [-0.39, 0.29) is 24.2 Å². The predicted molar refractivity (Wildman–Crippen MR) is 101 cm³/mol. The van der Waals surface area contributed by atoms with Gasteiger partial charge in [-0.15, -0.1) is 12.4 Å². The molecule has 0 aliphatic carbocycles. The van der Waals surface area contributed by atoms with Gasteiger partial charge >= 0.3 is 0 Å². The summed E-state index contributed by atoms with van der Waals surface area (Å²) < 4.78 is 13.3. The maximum Gasteiger partial charge on any atom is 0.254 e. The molecule has 7 heteroatoms. The Morgan fingerprint density at radius 2 is 1.92 bits per heavy atom. The number of nitrogens with zero attached hydrogens (tertiary/aromatic N) is 2. The van der Waals surface area contributed by atoms with Gasteiger partial charge in [0.1, 0.15) is 5.82 Å². The molecule has 2 amide bonds. The van der Waals surface area contributed by atoms with Gasteiger partial charge in [0.2, 0.25) is 5.91 Å². The van der Waals surface area contributed by atoms with Crippen molar-refractivity contribution in [2.45, 2.75) is 25.7 Å². The number of hydrogen-bond donors (Lipinski definition) is 1. The molecule has 2 saturated heterocycles. The van der Waals surface area contributed by atoms with Crippen LogP contribution in [0.2, 0.25) is 0 Å². The molecule has 144 valence electrons. The Morgan fingerprint density at radius 3 is 2.65 bits per heavy atom. The molecule has 2 aliphatic rings. The third-order valence-electron chi connectivity index (χ3n) is 5.14. The number of carbonyl (C=O) groups excluding carboxylic acids is 2. The average molecular weight is 384 g/mol. The van der Waals surface area contributed by atoms with Gasteiger partial charge in [0.25, 0.3) is 5.91 Å². The van der Waals surface area contributed by atoms with Gasteiger partial charge in [-0.3, -0.25) is 9.59 Å². The van der Waals surface area contributed by atoms with Crippen molar-refractivity contribution < 1.29 is 14.0 Å². The van der Waals surface area contributed by atoms with E-state index in [1.165, 1.54) is 12.1 Å². The van der Waals surface area contributed by atoms with Gasteiger partial charge in [-0.25, -0.2) is 4.39 Å². The first-order valence-electron chi connectivity index (χ1n) is 9.17. The third-order valence-corrected chi connectivity index (χ3v) is 5.14. The van der Waals surface area contributed by atoms with Crippen LogP contribution in [0.4, 0.5) is 4.39 Å². The van der Waals surface area contributed by atoms with Crippen LogP contribution in [-0.2, 0) is 4.79 Å². The number of rotatable bonds is 4. The van der Waals surface area contributed by atoms with Crippen LogP contribution in [0.25, 0.3) is 0 Å². The van der Waals surface area contributed by atoms with Crippen molar-refractivity contribution in [3.63, 3.8) is 0 Å². The zero-order valence-electron chi connectivity index (χ0n) is 15.0. The Labute approximate surface area is 160 Å². The average Bonchev–Trinajstić information content (AvgIpc) is 3.01. The molecule has 3 rings (SSSR count). The molecule has 2 heterocycles. The number of hydrogen-bond acceptors (Lipinski definition) is 3. The first kappa shape index (κ1) is 20.6. The van der Waals surface area contributed by atoms with Crippen LogP contribution in [0.15, 0.2) is 24.3 Å². The first-order chi connectivity index (χ1) is 12.1. The van der Waals surface area contributed by atoms with Crippen molar-refractivity contribution in [2.75, 3.05) is 39.3 Å². The van der Waals surface area contributed by atoms with Crippen molar-refractivity contribution in [2.24, 2.45) is 5.92 Å². The second kappa shape index (κ2) is 9.88.